The molecule has 0 spiro atoms. The zero-order chi connectivity index (χ0) is 22.0. The highest BCUT2D eigenvalue weighted by Crippen LogP contribution is 2.39. The molecule has 2 aromatic carbocycles. The first kappa shape index (κ1) is 21.1. The van der Waals surface area contributed by atoms with Crippen LogP contribution in [0.5, 0.6) is 11.5 Å². The van der Waals surface area contributed by atoms with Gasteiger partial charge >= 0.3 is 0 Å². The molecular formula is C22H21ClFN3O4. The molecule has 0 radical (unpaired) electrons. The molecule has 0 bridgehead atoms. The highest BCUT2D eigenvalue weighted by Gasteiger charge is 2.24. The molecule has 1 aromatic heterocycles. The molecule has 1 aliphatic rings. The summed E-state index contributed by atoms with van der Waals surface area (Å²) >= 11 is 6.31. The van der Waals surface area contributed by atoms with Crippen LogP contribution in [0.1, 0.15) is 10.4 Å². The maximum atomic E-state index is 14.1. The zero-order valence-corrected chi connectivity index (χ0v) is 17.8. The number of carbonyl (C=O) groups is 1. The first-order chi connectivity index (χ1) is 15.0. The smallest absolute Gasteiger partial charge is 0.257 e. The van der Waals surface area contributed by atoms with Crippen LogP contribution in [0.25, 0.3) is 10.9 Å². The van der Waals surface area contributed by atoms with Gasteiger partial charge in [0.25, 0.3) is 5.91 Å². The minimum Gasteiger partial charge on any atom is -0.495 e. The van der Waals surface area contributed by atoms with Gasteiger partial charge in [0.1, 0.15) is 17.3 Å². The number of rotatable bonds is 5. The summed E-state index contributed by atoms with van der Waals surface area (Å²) < 4.78 is 30.2. The number of benzene rings is 2. The van der Waals surface area contributed by atoms with Gasteiger partial charge in [0.05, 0.1) is 54.9 Å². The normalized spacial score (nSPS) is 13.9. The van der Waals surface area contributed by atoms with Crippen LogP contribution in [0.2, 0.25) is 5.02 Å². The number of aromatic nitrogens is 1. The van der Waals surface area contributed by atoms with Crippen molar-refractivity contribution in [3.8, 4) is 11.5 Å². The van der Waals surface area contributed by atoms with Crippen molar-refractivity contribution in [3.63, 3.8) is 0 Å². The van der Waals surface area contributed by atoms with E-state index < -0.39 is 5.82 Å². The van der Waals surface area contributed by atoms with Crippen LogP contribution in [-0.2, 0) is 4.74 Å². The third-order valence-corrected chi connectivity index (χ3v) is 5.39. The monoisotopic (exact) mass is 445 g/mol. The topological polar surface area (TPSA) is 72.9 Å². The number of carbonyl (C=O) groups excluding carboxylic acids is 1. The van der Waals surface area contributed by atoms with Crippen LogP contribution in [0.15, 0.2) is 36.5 Å². The first-order valence-electron chi connectivity index (χ1n) is 9.65. The third-order valence-electron chi connectivity index (χ3n) is 5.09. The highest BCUT2D eigenvalue weighted by atomic mass is 35.5. The summed E-state index contributed by atoms with van der Waals surface area (Å²) in [5, 5.41) is 4.05. The molecule has 3 aromatic rings. The van der Waals surface area contributed by atoms with Gasteiger partial charge in [-0.3, -0.25) is 9.78 Å². The number of ether oxygens (including phenoxy) is 3. The van der Waals surface area contributed by atoms with Gasteiger partial charge in [-0.1, -0.05) is 11.6 Å². The highest BCUT2D eigenvalue weighted by molar-refractivity contribution is 6.32. The molecule has 2 heterocycles. The quantitative estimate of drug-likeness (QED) is 0.632. The molecule has 1 fully saturated rings. The van der Waals surface area contributed by atoms with E-state index in [0.29, 0.717) is 70.7 Å². The van der Waals surface area contributed by atoms with Crippen LogP contribution >= 0.6 is 11.6 Å². The Kier molecular flexibility index (Phi) is 6.11. The van der Waals surface area contributed by atoms with Gasteiger partial charge in [-0.25, -0.2) is 4.39 Å². The summed E-state index contributed by atoms with van der Waals surface area (Å²) in [5.41, 5.74) is 1.77. The van der Waals surface area contributed by atoms with Crippen LogP contribution in [-0.4, -0.2) is 56.3 Å². The lowest BCUT2D eigenvalue weighted by atomic mass is 10.1. The molecule has 0 aliphatic carbocycles. The largest absolute Gasteiger partial charge is 0.495 e. The van der Waals surface area contributed by atoms with E-state index in [2.05, 4.69) is 10.3 Å². The lowest BCUT2D eigenvalue weighted by Crippen LogP contribution is -2.41. The number of nitrogens with one attached hydrogen (secondary N) is 1. The number of pyridine rings is 1. The fraction of sp³-hybridized carbons (Fsp3) is 0.273. The Morgan fingerprint density at radius 2 is 1.90 bits per heavy atom. The van der Waals surface area contributed by atoms with E-state index in [1.165, 1.54) is 32.5 Å². The molecule has 7 nitrogen and oxygen atoms in total. The Morgan fingerprint density at radius 3 is 2.61 bits per heavy atom. The average molecular weight is 446 g/mol. The van der Waals surface area contributed by atoms with Gasteiger partial charge in [-0.05, 0) is 24.3 Å². The summed E-state index contributed by atoms with van der Waals surface area (Å²) in [6.07, 6.45) is 1.50. The van der Waals surface area contributed by atoms with E-state index in [0.717, 1.165) is 0 Å². The summed E-state index contributed by atoms with van der Waals surface area (Å²) in [4.78, 5) is 19.3. The molecule has 1 saturated heterocycles. The van der Waals surface area contributed by atoms with Crippen molar-refractivity contribution in [3.05, 3.63) is 52.9 Å². The van der Waals surface area contributed by atoms with E-state index in [4.69, 9.17) is 25.8 Å². The van der Waals surface area contributed by atoms with E-state index >= 15 is 0 Å². The van der Waals surface area contributed by atoms with Crippen molar-refractivity contribution in [1.82, 2.24) is 9.88 Å². The molecule has 31 heavy (non-hydrogen) atoms. The average Bonchev–Trinajstić information content (AvgIpc) is 2.79. The zero-order valence-electron chi connectivity index (χ0n) is 17.1. The molecule has 4 rings (SSSR count). The number of morpholine rings is 1. The lowest BCUT2D eigenvalue weighted by Gasteiger charge is -2.28. The predicted octanol–water partition coefficient (Wildman–Crippen LogP) is 4.26. The Morgan fingerprint density at radius 1 is 1.16 bits per heavy atom. The maximum Gasteiger partial charge on any atom is 0.257 e. The number of fused-ring (bicyclic) bond motifs is 1. The fourth-order valence-corrected chi connectivity index (χ4v) is 3.73. The van der Waals surface area contributed by atoms with Gasteiger partial charge in [0.15, 0.2) is 0 Å². The van der Waals surface area contributed by atoms with Crippen molar-refractivity contribution in [2.45, 2.75) is 0 Å². The molecule has 1 N–H and O–H groups in total. The van der Waals surface area contributed by atoms with Crippen molar-refractivity contribution in [1.29, 1.82) is 0 Å². The molecular weight excluding hydrogens is 425 g/mol. The Hall–Kier alpha value is -3.10. The van der Waals surface area contributed by atoms with Crippen LogP contribution in [0, 0.1) is 5.82 Å². The van der Waals surface area contributed by atoms with Gasteiger partial charge in [0.2, 0.25) is 0 Å². The van der Waals surface area contributed by atoms with Gasteiger partial charge in [-0.2, -0.15) is 0 Å². The van der Waals surface area contributed by atoms with Crippen LogP contribution in [0.3, 0.4) is 0 Å². The van der Waals surface area contributed by atoms with Gasteiger partial charge in [-0.15, -0.1) is 0 Å². The van der Waals surface area contributed by atoms with Crippen LogP contribution in [0.4, 0.5) is 15.8 Å². The first-order valence-corrected chi connectivity index (χ1v) is 10.0. The summed E-state index contributed by atoms with van der Waals surface area (Å²) in [6.45, 7) is 1.87. The minimum absolute atomic E-state index is 0.219. The number of hydrogen-bond donors (Lipinski definition) is 1. The van der Waals surface area contributed by atoms with Crippen molar-refractivity contribution in [2.24, 2.45) is 0 Å². The Bertz CT molecular complexity index is 1140. The molecule has 0 saturated carbocycles. The number of amides is 1. The Labute approximate surface area is 183 Å². The van der Waals surface area contributed by atoms with Gasteiger partial charge in [0, 0.05) is 30.7 Å². The SMILES string of the molecule is COc1cc(OC)c(Nc2c(C(=O)N3CCOCC3)cnc3ccc(F)cc23)cc1Cl. The number of hydrogen-bond acceptors (Lipinski definition) is 6. The second-order valence-corrected chi connectivity index (χ2v) is 7.33. The summed E-state index contributed by atoms with van der Waals surface area (Å²) in [6, 6.07) is 7.51. The van der Waals surface area contributed by atoms with Crippen molar-refractivity contribution >= 4 is 39.8 Å². The van der Waals surface area contributed by atoms with E-state index in [1.807, 2.05) is 0 Å². The minimum atomic E-state index is -0.437. The van der Waals surface area contributed by atoms with Crippen molar-refractivity contribution in [2.75, 3.05) is 45.8 Å². The number of halogens is 2. The summed E-state index contributed by atoms with van der Waals surface area (Å²) in [7, 11) is 3.02. The standard InChI is InChI=1S/C22H21ClFN3O4/c1-29-19-11-20(30-2)18(10-16(19)23)26-21-14-9-13(24)3-4-17(14)25-12-15(21)22(28)27-5-7-31-8-6-27/h3-4,9-12H,5-8H2,1-2H3,(H,25,26). The number of anilines is 2. The number of nitrogens with zero attached hydrogens (tertiary/aromatic N) is 2. The molecule has 1 aliphatic heterocycles. The molecule has 1 amide bonds. The molecule has 9 heteroatoms. The Balaban J connectivity index is 1.86. The molecule has 0 atom stereocenters. The molecule has 0 unspecified atom stereocenters. The third kappa shape index (κ3) is 4.22. The number of methoxy groups -OCH3 is 2. The maximum absolute atomic E-state index is 14.1. The van der Waals surface area contributed by atoms with Gasteiger partial charge < -0.3 is 24.4 Å². The van der Waals surface area contributed by atoms with E-state index in [-0.39, 0.29) is 5.91 Å². The van der Waals surface area contributed by atoms with E-state index in [1.54, 1.807) is 23.1 Å². The van der Waals surface area contributed by atoms with E-state index in [9.17, 15) is 9.18 Å². The predicted molar refractivity (Wildman–Crippen MR) is 116 cm³/mol. The lowest BCUT2D eigenvalue weighted by molar-refractivity contribution is 0.0303. The second-order valence-electron chi connectivity index (χ2n) is 6.92. The second kappa shape index (κ2) is 8.95. The van der Waals surface area contributed by atoms with Crippen LogP contribution < -0.4 is 14.8 Å². The van der Waals surface area contributed by atoms with Crippen molar-refractivity contribution < 1.29 is 23.4 Å². The fourth-order valence-electron chi connectivity index (χ4n) is 3.49. The molecule has 162 valence electrons. The summed E-state index contributed by atoms with van der Waals surface area (Å²) in [5.74, 6) is 0.239.